The van der Waals surface area contributed by atoms with E-state index in [2.05, 4.69) is 23.1 Å². The number of nitrogens with zero attached hydrogens (tertiary/aromatic N) is 1. The van der Waals surface area contributed by atoms with Gasteiger partial charge in [0, 0.05) is 43.5 Å². The Morgan fingerprint density at radius 1 is 1.28 bits per heavy atom. The number of hydrogen-bond donors (Lipinski definition) is 1. The second-order valence-corrected chi connectivity index (χ2v) is 6.05. The van der Waals surface area contributed by atoms with Gasteiger partial charge in [-0.05, 0) is 19.0 Å². The first-order chi connectivity index (χ1) is 8.77. The van der Waals surface area contributed by atoms with Crippen LogP contribution in [-0.4, -0.2) is 30.1 Å². The topological polar surface area (TPSA) is 38.5 Å². The Bertz CT molecular complexity index is 475. The summed E-state index contributed by atoms with van der Waals surface area (Å²) in [7, 11) is 0. The van der Waals surface area contributed by atoms with E-state index >= 15 is 0 Å². The molecule has 2 N–H and O–H groups in total. The molecule has 0 amide bonds. The molecule has 4 rings (SSSR count). The summed E-state index contributed by atoms with van der Waals surface area (Å²) in [5.41, 5.74) is 7.59. The standard InChI is InChI=1S/C15H20N2O/c16-13-9-15(6-8-17-7-5-11(15)10-17)18-14-4-2-1-3-12(13)14/h1-4,11,13H,5-10,16H2/t11?,13-,15?/m0/s1. The Hall–Kier alpha value is -1.06. The van der Waals surface area contributed by atoms with Gasteiger partial charge in [-0.3, -0.25) is 0 Å². The van der Waals surface area contributed by atoms with Crippen molar-refractivity contribution in [3.8, 4) is 5.75 Å². The van der Waals surface area contributed by atoms with Crippen molar-refractivity contribution in [3.05, 3.63) is 29.8 Å². The van der Waals surface area contributed by atoms with Crippen molar-refractivity contribution in [3.63, 3.8) is 0 Å². The van der Waals surface area contributed by atoms with Crippen LogP contribution in [0.5, 0.6) is 5.75 Å². The predicted octanol–water partition coefficient (Wildman–Crippen LogP) is 1.93. The molecule has 3 heterocycles. The van der Waals surface area contributed by atoms with E-state index in [4.69, 9.17) is 10.5 Å². The minimum absolute atomic E-state index is 0.0147. The monoisotopic (exact) mass is 244 g/mol. The number of hydrogen-bond acceptors (Lipinski definition) is 3. The number of fused-ring (bicyclic) bond motifs is 4. The van der Waals surface area contributed by atoms with Crippen LogP contribution in [0.1, 0.15) is 30.9 Å². The maximum Gasteiger partial charge on any atom is 0.124 e. The van der Waals surface area contributed by atoms with Crippen molar-refractivity contribution in [2.75, 3.05) is 19.6 Å². The van der Waals surface area contributed by atoms with E-state index in [-0.39, 0.29) is 11.6 Å². The van der Waals surface area contributed by atoms with Gasteiger partial charge in [0.25, 0.3) is 0 Å². The number of nitrogens with two attached hydrogens (primary N) is 1. The number of benzene rings is 1. The quantitative estimate of drug-likeness (QED) is 0.758. The van der Waals surface area contributed by atoms with Crippen LogP contribution >= 0.6 is 0 Å². The highest BCUT2D eigenvalue weighted by Crippen LogP contribution is 2.48. The highest BCUT2D eigenvalue weighted by Gasteiger charge is 2.51. The molecule has 2 fully saturated rings. The maximum absolute atomic E-state index is 6.45. The summed E-state index contributed by atoms with van der Waals surface area (Å²) in [4.78, 5) is 2.56. The van der Waals surface area contributed by atoms with Crippen molar-refractivity contribution >= 4 is 0 Å². The Kier molecular flexibility index (Phi) is 2.24. The molecular formula is C15H20N2O. The van der Waals surface area contributed by atoms with E-state index in [1.807, 2.05) is 6.07 Å². The summed E-state index contributed by atoms with van der Waals surface area (Å²) in [6.45, 7) is 3.62. The van der Waals surface area contributed by atoms with Gasteiger partial charge in [-0.15, -0.1) is 0 Å². The van der Waals surface area contributed by atoms with Crippen molar-refractivity contribution in [2.24, 2.45) is 11.7 Å². The third-order valence-electron chi connectivity index (χ3n) is 5.06. The largest absolute Gasteiger partial charge is 0.486 e. The Balaban J connectivity index is 1.72. The van der Waals surface area contributed by atoms with Crippen LogP contribution in [-0.2, 0) is 0 Å². The molecule has 2 bridgehead atoms. The van der Waals surface area contributed by atoms with Gasteiger partial charge in [-0.2, -0.15) is 0 Å². The van der Waals surface area contributed by atoms with Gasteiger partial charge in [-0.1, -0.05) is 18.2 Å². The fraction of sp³-hybridized carbons (Fsp3) is 0.600. The Morgan fingerprint density at radius 3 is 3.11 bits per heavy atom. The Labute approximate surface area is 108 Å². The van der Waals surface area contributed by atoms with Crippen molar-refractivity contribution in [1.82, 2.24) is 4.90 Å². The van der Waals surface area contributed by atoms with Crippen molar-refractivity contribution < 1.29 is 4.74 Å². The number of para-hydroxylation sites is 1. The SMILES string of the molecule is N[C@H]1CC2(CCN3CCC2C3)Oc2ccccc21. The predicted molar refractivity (Wildman–Crippen MR) is 70.5 cm³/mol. The first-order valence-electron chi connectivity index (χ1n) is 7.03. The summed E-state index contributed by atoms with van der Waals surface area (Å²) in [6.07, 6.45) is 3.40. The summed E-state index contributed by atoms with van der Waals surface area (Å²) in [5.74, 6) is 1.70. The van der Waals surface area contributed by atoms with E-state index in [1.165, 1.54) is 31.6 Å². The molecule has 1 aromatic carbocycles. The summed E-state index contributed by atoms with van der Waals surface area (Å²) >= 11 is 0. The molecular weight excluding hydrogens is 224 g/mol. The van der Waals surface area contributed by atoms with Gasteiger partial charge in [0.2, 0.25) is 0 Å². The molecule has 96 valence electrons. The normalized spacial score (nSPS) is 41.5. The molecule has 3 aliphatic rings. The van der Waals surface area contributed by atoms with E-state index in [0.29, 0.717) is 5.92 Å². The zero-order valence-corrected chi connectivity index (χ0v) is 10.6. The van der Waals surface area contributed by atoms with E-state index in [9.17, 15) is 0 Å². The average molecular weight is 244 g/mol. The highest BCUT2D eigenvalue weighted by molar-refractivity contribution is 5.39. The maximum atomic E-state index is 6.45. The van der Waals surface area contributed by atoms with Crippen LogP contribution in [0.15, 0.2) is 24.3 Å². The summed E-state index contributed by atoms with van der Waals surface area (Å²) < 4.78 is 6.45. The fourth-order valence-corrected chi connectivity index (χ4v) is 4.04. The lowest BCUT2D eigenvalue weighted by atomic mass is 9.75. The van der Waals surface area contributed by atoms with Crippen LogP contribution in [0.4, 0.5) is 0 Å². The highest BCUT2D eigenvalue weighted by atomic mass is 16.5. The molecule has 3 unspecified atom stereocenters. The van der Waals surface area contributed by atoms with Crippen molar-refractivity contribution in [1.29, 1.82) is 0 Å². The van der Waals surface area contributed by atoms with E-state index in [0.717, 1.165) is 18.6 Å². The molecule has 0 saturated carbocycles. The number of rotatable bonds is 0. The van der Waals surface area contributed by atoms with Gasteiger partial charge >= 0.3 is 0 Å². The third-order valence-corrected chi connectivity index (χ3v) is 5.06. The van der Waals surface area contributed by atoms with Gasteiger partial charge < -0.3 is 15.4 Å². The zero-order chi connectivity index (χ0) is 12.2. The molecule has 2 saturated heterocycles. The van der Waals surface area contributed by atoms with Gasteiger partial charge in [0.05, 0.1) is 0 Å². The minimum atomic E-state index is 0.0147. The van der Waals surface area contributed by atoms with Gasteiger partial charge in [0.15, 0.2) is 0 Å². The molecule has 0 radical (unpaired) electrons. The van der Waals surface area contributed by atoms with Crippen LogP contribution in [0.2, 0.25) is 0 Å². The zero-order valence-electron chi connectivity index (χ0n) is 10.6. The summed E-state index contributed by atoms with van der Waals surface area (Å²) in [5, 5.41) is 0. The molecule has 18 heavy (non-hydrogen) atoms. The summed E-state index contributed by atoms with van der Waals surface area (Å²) in [6, 6.07) is 8.43. The smallest absolute Gasteiger partial charge is 0.124 e. The molecule has 1 aromatic rings. The molecule has 3 nitrogen and oxygen atoms in total. The fourth-order valence-electron chi connectivity index (χ4n) is 4.04. The first kappa shape index (κ1) is 10.8. The molecule has 3 aliphatic heterocycles. The third kappa shape index (κ3) is 1.44. The molecule has 0 aliphatic carbocycles. The van der Waals surface area contributed by atoms with Crippen LogP contribution in [0.25, 0.3) is 0 Å². The van der Waals surface area contributed by atoms with Crippen LogP contribution < -0.4 is 10.5 Å². The number of piperidine rings is 1. The molecule has 4 atom stereocenters. The van der Waals surface area contributed by atoms with Crippen LogP contribution in [0.3, 0.4) is 0 Å². The van der Waals surface area contributed by atoms with E-state index in [1.54, 1.807) is 0 Å². The second-order valence-electron chi connectivity index (χ2n) is 6.05. The minimum Gasteiger partial charge on any atom is -0.486 e. The average Bonchev–Trinajstić information content (AvgIpc) is 2.80. The lowest BCUT2D eigenvalue weighted by molar-refractivity contribution is -0.0439. The molecule has 3 heteroatoms. The van der Waals surface area contributed by atoms with Crippen molar-refractivity contribution in [2.45, 2.75) is 30.9 Å². The van der Waals surface area contributed by atoms with Crippen LogP contribution in [0, 0.1) is 5.92 Å². The van der Waals surface area contributed by atoms with Gasteiger partial charge in [0.1, 0.15) is 11.4 Å². The first-order valence-corrected chi connectivity index (χ1v) is 7.03. The van der Waals surface area contributed by atoms with E-state index < -0.39 is 0 Å². The lowest BCUT2D eigenvalue weighted by Gasteiger charge is -2.47. The number of ether oxygens (including phenoxy) is 1. The van der Waals surface area contributed by atoms with Gasteiger partial charge in [-0.25, -0.2) is 0 Å². The molecule has 0 aromatic heterocycles. The Morgan fingerprint density at radius 2 is 2.17 bits per heavy atom. The molecule has 1 spiro atoms. The second kappa shape index (κ2) is 3.72. The lowest BCUT2D eigenvalue weighted by Crippen LogP contribution is -2.53.